The molecule has 0 bridgehead atoms. The lowest BCUT2D eigenvalue weighted by atomic mass is 10.0. The van der Waals surface area contributed by atoms with Gasteiger partial charge in [-0.25, -0.2) is 4.98 Å². The molecular weight excluding hydrogens is 622 g/mol. The third kappa shape index (κ3) is 7.58. The van der Waals surface area contributed by atoms with Gasteiger partial charge in [-0.1, -0.05) is 13.8 Å². The number of anilines is 4. The molecule has 1 aromatic carbocycles. The van der Waals surface area contributed by atoms with E-state index in [1.165, 1.54) is 0 Å². The normalized spacial score (nSPS) is 14.4. The van der Waals surface area contributed by atoms with Gasteiger partial charge in [0.15, 0.2) is 0 Å². The van der Waals surface area contributed by atoms with E-state index in [0.29, 0.717) is 57.3 Å². The van der Waals surface area contributed by atoms with Gasteiger partial charge in [0.25, 0.3) is 5.91 Å². The molecule has 0 unspecified atom stereocenters. The first-order valence-corrected chi connectivity index (χ1v) is 17.4. The summed E-state index contributed by atoms with van der Waals surface area (Å²) in [4.78, 5) is 28.1. The van der Waals surface area contributed by atoms with Gasteiger partial charge in [0.2, 0.25) is 5.95 Å². The number of nitrogens with one attached hydrogen (secondary N) is 2. The SMILES string of the molecule is CCOCCOCCn1nc(CC)c(NC(=O)c2ccn3c2CCc2cnc(Nc4ccc(N5CCN(C)CC5)cc4OC)nc2-3)c1CC. The number of hydrogen-bond donors (Lipinski definition) is 2. The van der Waals surface area contributed by atoms with Crippen LogP contribution in [0.15, 0.2) is 36.7 Å². The summed E-state index contributed by atoms with van der Waals surface area (Å²) in [6.45, 7) is 13.1. The van der Waals surface area contributed by atoms with Crippen molar-refractivity contribution in [2.45, 2.75) is 53.0 Å². The number of fused-ring (bicyclic) bond motifs is 3. The number of carbonyl (C=O) groups excluding carboxylic acids is 1. The Morgan fingerprint density at radius 3 is 2.55 bits per heavy atom. The van der Waals surface area contributed by atoms with Crippen LogP contribution in [-0.4, -0.2) is 102 Å². The van der Waals surface area contributed by atoms with Crippen LogP contribution in [-0.2, 0) is 41.7 Å². The van der Waals surface area contributed by atoms with Gasteiger partial charge in [-0.15, -0.1) is 0 Å². The second-order valence-electron chi connectivity index (χ2n) is 12.4. The molecular formula is C36H49N9O4. The second-order valence-corrected chi connectivity index (χ2v) is 12.4. The van der Waals surface area contributed by atoms with Crippen molar-refractivity contribution in [3.63, 3.8) is 0 Å². The Hall–Kier alpha value is -4.46. The molecule has 0 saturated carbocycles. The van der Waals surface area contributed by atoms with E-state index >= 15 is 0 Å². The number of benzene rings is 1. The van der Waals surface area contributed by atoms with Gasteiger partial charge in [-0.05, 0) is 57.9 Å². The third-order valence-corrected chi connectivity index (χ3v) is 9.30. The monoisotopic (exact) mass is 671 g/mol. The van der Waals surface area contributed by atoms with Crippen LogP contribution in [0.2, 0.25) is 0 Å². The number of hydrogen-bond acceptors (Lipinski definition) is 10. The number of nitrogens with zero attached hydrogens (tertiary/aromatic N) is 7. The summed E-state index contributed by atoms with van der Waals surface area (Å²) in [6, 6.07) is 8.07. The number of rotatable bonds is 15. The number of carbonyl (C=O) groups is 1. The van der Waals surface area contributed by atoms with E-state index in [1.807, 2.05) is 40.7 Å². The Morgan fingerprint density at radius 1 is 0.980 bits per heavy atom. The molecule has 1 amide bonds. The number of aromatic nitrogens is 5. The summed E-state index contributed by atoms with van der Waals surface area (Å²) in [5, 5.41) is 11.4. The Balaban J connectivity index is 1.18. The number of methoxy groups -OCH3 is 1. The fourth-order valence-corrected chi connectivity index (χ4v) is 6.57. The van der Waals surface area contributed by atoms with Crippen LogP contribution in [0.3, 0.4) is 0 Å². The fraction of sp³-hybridized carbons (Fsp3) is 0.500. The highest BCUT2D eigenvalue weighted by atomic mass is 16.5. The molecule has 13 nitrogen and oxygen atoms in total. The minimum absolute atomic E-state index is 0.147. The van der Waals surface area contributed by atoms with Crippen molar-refractivity contribution in [2.24, 2.45) is 0 Å². The molecule has 2 N–H and O–H groups in total. The van der Waals surface area contributed by atoms with E-state index in [4.69, 9.17) is 24.3 Å². The maximum atomic E-state index is 13.8. The first kappa shape index (κ1) is 34.4. The van der Waals surface area contributed by atoms with Crippen LogP contribution in [0.5, 0.6) is 5.75 Å². The third-order valence-electron chi connectivity index (χ3n) is 9.30. The molecule has 0 spiro atoms. The van der Waals surface area contributed by atoms with Crippen molar-refractivity contribution in [1.82, 2.24) is 29.2 Å². The Kier molecular flexibility index (Phi) is 11.1. The van der Waals surface area contributed by atoms with Gasteiger partial charge in [0.05, 0.1) is 61.8 Å². The average Bonchev–Trinajstić information content (AvgIpc) is 3.71. The van der Waals surface area contributed by atoms with Gasteiger partial charge >= 0.3 is 0 Å². The molecule has 3 aromatic heterocycles. The van der Waals surface area contributed by atoms with Crippen LogP contribution < -0.4 is 20.3 Å². The van der Waals surface area contributed by atoms with E-state index in [-0.39, 0.29) is 5.91 Å². The topological polar surface area (TPSA) is 124 Å². The van der Waals surface area contributed by atoms with E-state index in [9.17, 15) is 4.79 Å². The van der Waals surface area contributed by atoms with Crippen LogP contribution in [0.1, 0.15) is 53.8 Å². The summed E-state index contributed by atoms with van der Waals surface area (Å²) in [7, 11) is 3.83. The molecule has 0 radical (unpaired) electrons. The number of aryl methyl sites for hydroxylation is 2. The summed E-state index contributed by atoms with van der Waals surface area (Å²) >= 11 is 0. The Bertz CT molecular complexity index is 1740. The number of piperazine rings is 1. The lowest BCUT2D eigenvalue weighted by Gasteiger charge is -2.34. The summed E-state index contributed by atoms with van der Waals surface area (Å²) in [5.74, 6) is 1.82. The van der Waals surface area contributed by atoms with Crippen molar-refractivity contribution in [3.05, 3.63) is 64.9 Å². The maximum Gasteiger partial charge on any atom is 0.257 e. The van der Waals surface area contributed by atoms with Crippen molar-refractivity contribution in [2.75, 3.05) is 82.3 Å². The lowest BCUT2D eigenvalue weighted by molar-refractivity contribution is 0.0485. The minimum Gasteiger partial charge on any atom is -0.494 e. The fourth-order valence-electron chi connectivity index (χ4n) is 6.57. The van der Waals surface area contributed by atoms with Crippen LogP contribution >= 0.6 is 0 Å². The van der Waals surface area contributed by atoms with Gasteiger partial charge in [0.1, 0.15) is 11.6 Å². The van der Waals surface area contributed by atoms with Gasteiger partial charge in [0, 0.05) is 68.2 Å². The zero-order valence-electron chi connectivity index (χ0n) is 29.4. The Labute approximate surface area is 288 Å². The molecule has 13 heteroatoms. The molecule has 5 heterocycles. The molecule has 2 aliphatic heterocycles. The highest BCUT2D eigenvalue weighted by Gasteiger charge is 2.26. The summed E-state index contributed by atoms with van der Waals surface area (Å²) in [6.07, 6.45) is 6.69. The van der Waals surface area contributed by atoms with Gasteiger partial charge < -0.3 is 39.2 Å². The van der Waals surface area contributed by atoms with E-state index in [0.717, 1.165) is 90.3 Å². The molecule has 1 saturated heterocycles. The van der Waals surface area contributed by atoms with Gasteiger partial charge in [-0.3, -0.25) is 9.48 Å². The standard InChI is InChI=1S/C36H49N9O4/c1-6-28-33(30(7-2)45(41-28)19-20-49-22-21-48-8-3)39-35(46)27-13-14-44-31(27)12-9-25-24-37-36(40-34(25)44)38-29-11-10-26(23-32(29)47-5)43-17-15-42(4)16-18-43/h10-11,13-14,23-24H,6-9,12,15-22H2,1-5H3,(H,39,46)(H,37,38,40). The molecule has 0 atom stereocenters. The molecule has 2 aliphatic rings. The zero-order valence-corrected chi connectivity index (χ0v) is 29.4. The number of likely N-dealkylation sites (N-methyl/N-ethyl adjacent to an activating group) is 1. The zero-order chi connectivity index (χ0) is 34.3. The second kappa shape index (κ2) is 15.8. The maximum absolute atomic E-state index is 13.8. The van der Waals surface area contributed by atoms with Crippen molar-refractivity contribution >= 4 is 28.9 Å². The smallest absolute Gasteiger partial charge is 0.257 e. The van der Waals surface area contributed by atoms with E-state index in [2.05, 4.69) is 58.4 Å². The van der Waals surface area contributed by atoms with Crippen LogP contribution in [0.25, 0.3) is 5.82 Å². The Morgan fingerprint density at radius 2 is 1.80 bits per heavy atom. The summed E-state index contributed by atoms with van der Waals surface area (Å²) < 4.78 is 20.8. The number of ether oxygens (including phenoxy) is 3. The molecule has 4 aromatic rings. The first-order valence-electron chi connectivity index (χ1n) is 17.4. The predicted molar refractivity (Wildman–Crippen MR) is 191 cm³/mol. The first-order chi connectivity index (χ1) is 23.9. The average molecular weight is 672 g/mol. The van der Waals surface area contributed by atoms with Gasteiger partial charge in [-0.2, -0.15) is 10.1 Å². The van der Waals surface area contributed by atoms with Crippen LogP contribution in [0, 0.1) is 0 Å². The van der Waals surface area contributed by atoms with Crippen molar-refractivity contribution in [1.29, 1.82) is 0 Å². The molecule has 1 fully saturated rings. The molecule has 0 aliphatic carbocycles. The predicted octanol–water partition coefficient (Wildman–Crippen LogP) is 4.50. The largest absolute Gasteiger partial charge is 0.494 e. The lowest BCUT2D eigenvalue weighted by Crippen LogP contribution is -2.44. The highest BCUT2D eigenvalue weighted by Crippen LogP contribution is 2.33. The molecule has 49 heavy (non-hydrogen) atoms. The quantitative estimate of drug-likeness (QED) is 0.175. The minimum atomic E-state index is -0.147. The molecule has 6 rings (SSSR count). The molecule has 262 valence electrons. The van der Waals surface area contributed by atoms with E-state index in [1.54, 1.807) is 7.11 Å². The summed E-state index contributed by atoms with van der Waals surface area (Å²) in [5.41, 5.74) is 7.18. The number of amides is 1. The van der Waals surface area contributed by atoms with Crippen LogP contribution in [0.4, 0.5) is 23.0 Å². The van der Waals surface area contributed by atoms with Crippen molar-refractivity contribution in [3.8, 4) is 11.6 Å². The highest BCUT2D eigenvalue weighted by molar-refractivity contribution is 6.06. The van der Waals surface area contributed by atoms with E-state index < -0.39 is 0 Å². The van der Waals surface area contributed by atoms with Crippen molar-refractivity contribution < 1.29 is 19.0 Å².